The fraction of sp³-hybridized carbons (Fsp3) is 0.222. The molecule has 25 heavy (non-hydrogen) atoms. The van der Waals surface area contributed by atoms with Crippen LogP contribution in [0.1, 0.15) is 28.8 Å². The maximum atomic E-state index is 13.1. The van der Waals surface area contributed by atoms with E-state index in [1.807, 2.05) is 0 Å². The Hall–Kier alpha value is -2.54. The topological polar surface area (TPSA) is 80.5 Å². The summed E-state index contributed by atoms with van der Waals surface area (Å²) in [4.78, 5) is 37.5. The Labute approximate surface area is 152 Å². The highest BCUT2D eigenvalue weighted by Crippen LogP contribution is 2.41. The van der Waals surface area contributed by atoms with Gasteiger partial charge in [0.1, 0.15) is 6.04 Å². The highest BCUT2D eigenvalue weighted by molar-refractivity contribution is 9.10. The minimum atomic E-state index is -0.931. The van der Waals surface area contributed by atoms with Gasteiger partial charge < -0.3 is 4.90 Å². The van der Waals surface area contributed by atoms with E-state index >= 15 is 0 Å². The largest absolute Gasteiger partial charge is 0.300 e. The molecule has 2 aromatic rings. The van der Waals surface area contributed by atoms with Gasteiger partial charge in [0.15, 0.2) is 5.78 Å². The number of halogens is 1. The molecule has 2 atom stereocenters. The van der Waals surface area contributed by atoms with E-state index in [2.05, 4.69) is 15.9 Å². The fourth-order valence-corrected chi connectivity index (χ4v) is 3.90. The normalized spacial score (nSPS) is 17.3. The zero-order valence-corrected chi connectivity index (χ0v) is 15.0. The van der Waals surface area contributed by atoms with Gasteiger partial charge in [0.25, 0.3) is 0 Å². The minimum Gasteiger partial charge on any atom is -0.300 e. The van der Waals surface area contributed by atoms with E-state index in [9.17, 15) is 19.7 Å². The van der Waals surface area contributed by atoms with Crippen LogP contribution >= 0.6 is 15.9 Å². The van der Waals surface area contributed by atoms with E-state index in [1.54, 1.807) is 48.5 Å². The molecule has 0 fully saturated rings. The number of Topliss-reactive ketones (excluding diaryl/α,β-unsaturated/α-hetero) is 1. The molecule has 6 nitrogen and oxygen atoms in total. The van der Waals surface area contributed by atoms with E-state index in [4.69, 9.17) is 0 Å². The molecule has 128 valence electrons. The van der Waals surface area contributed by atoms with Gasteiger partial charge in [0.2, 0.25) is 12.5 Å². The molecule has 0 N–H and O–H groups in total. The molecule has 0 spiro atoms. The average molecular weight is 403 g/mol. The Bertz CT molecular complexity index is 853. The lowest BCUT2D eigenvalue weighted by Gasteiger charge is -2.28. The number of rotatable bonds is 4. The molecule has 0 saturated carbocycles. The van der Waals surface area contributed by atoms with Gasteiger partial charge in [0.05, 0.1) is 17.2 Å². The standard InChI is InChI=1S/C18H15BrN2O4/c1-11(22)21-15-9-5-8-14(19)16(15)18(23)17(21)13(10-20(24)25)12-6-3-2-4-7-12/h2-9,13,17H,10H2,1H3/t13-,17+/m1/s1. The van der Waals surface area contributed by atoms with Crippen molar-refractivity contribution in [2.75, 3.05) is 11.4 Å². The number of nitrogens with zero attached hydrogens (tertiary/aromatic N) is 2. The first-order valence-electron chi connectivity index (χ1n) is 7.71. The van der Waals surface area contributed by atoms with Crippen LogP contribution in [0.15, 0.2) is 53.0 Å². The summed E-state index contributed by atoms with van der Waals surface area (Å²) in [7, 11) is 0. The first-order valence-corrected chi connectivity index (χ1v) is 8.50. The summed E-state index contributed by atoms with van der Waals surface area (Å²) in [6.07, 6.45) is 0. The summed E-state index contributed by atoms with van der Waals surface area (Å²) in [6, 6.07) is 13.0. The highest BCUT2D eigenvalue weighted by atomic mass is 79.9. The molecule has 0 radical (unpaired) electrons. The first kappa shape index (κ1) is 17.3. The van der Waals surface area contributed by atoms with Gasteiger partial charge in [-0.1, -0.05) is 36.4 Å². The highest BCUT2D eigenvalue weighted by Gasteiger charge is 2.47. The van der Waals surface area contributed by atoms with Crippen LogP contribution in [0.4, 0.5) is 5.69 Å². The van der Waals surface area contributed by atoms with Gasteiger partial charge in [-0.3, -0.25) is 19.7 Å². The predicted octanol–water partition coefficient (Wildman–Crippen LogP) is 3.43. The Balaban J connectivity index is 2.15. The van der Waals surface area contributed by atoms with Crippen molar-refractivity contribution < 1.29 is 14.5 Å². The Morgan fingerprint density at radius 2 is 1.92 bits per heavy atom. The molecule has 1 amide bonds. The molecule has 1 aliphatic rings. The number of nitro groups is 1. The average Bonchev–Trinajstić information content (AvgIpc) is 2.87. The van der Waals surface area contributed by atoms with Crippen LogP contribution in [0.3, 0.4) is 0 Å². The van der Waals surface area contributed by atoms with Crippen molar-refractivity contribution in [2.45, 2.75) is 18.9 Å². The van der Waals surface area contributed by atoms with Gasteiger partial charge in [0, 0.05) is 16.3 Å². The van der Waals surface area contributed by atoms with Crippen LogP contribution in [0.2, 0.25) is 0 Å². The number of hydrogen-bond donors (Lipinski definition) is 0. The van der Waals surface area contributed by atoms with E-state index in [0.717, 1.165) is 0 Å². The van der Waals surface area contributed by atoms with Crippen LogP contribution in [-0.2, 0) is 4.79 Å². The monoisotopic (exact) mass is 402 g/mol. The molecular weight excluding hydrogens is 388 g/mol. The number of benzene rings is 2. The maximum absolute atomic E-state index is 13.1. The van der Waals surface area contributed by atoms with Crippen molar-refractivity contribution in [1.29, 1.82) is 0 Å². The van der Waals surface area contributed by atoms with Gasteiger partial charge >= 0.3 is 0 Å². The summed E-state index contributed by atoms with van der Waals surface area (Å²) < 4.78 is 0.580. The predicted molar refractivity (Wildman–Crippen MR) is 96.5 cm³/mol. The molecule has 7 heteroatoms. The summed E-state index contributed by atoms with van der Waals surface area (Å²) in [6.45, 7) is 0.931. The third-order valence-corrected chi connectivity index (χ3v) is 5.00. The molecular formula is C18H15BrN2O4. The van der Waals surface area contributed by atoms with Crippen LogP contribution in [0, 0.1) is 10.1 Å². The van der Waals surface area contributed by atoms with Crippen molar-refractivity contribution in [1.82, 2.24) is 0 Å². The van der Waals surface area contributed by atoms with Crippen molar-refractivity contribution in [2.24, 2.45) is 0 Å². The number of anilines is 1. The number of fused-ring (bicyclic) bond motifs is 1. The van der Waals surface area contributed by atoms with Crippen molar-refractivity contribution in [3.8, 4) is 0 Å². The van der Waals surface area contributed by atoms with Crippen LogP contribution in [0.5, 0.6) is 0 Å². The number of amides is 1. The Kier molecular flexibility index (Phi) is 4.67. The van der Waals surface area contributed by atoms with Gasteiger partial charge in [-0.2, -0.15) is 0 Å². The first-order chi connectivity index (χ1) is 11.9. The molecule has 1 heterocycles. The van der Waals surface area contributed by atoms with E-state index < -0.39 is 23.4 Å². The van der Waals surface area contributed by atoms with Crippen molar-refractivity contribution in [3.63, 3.8) is 0 Å². The van der Waals surface area contributed by atoms with Gasteiger partial charge in [-0.25, -0.2) is 0 Å². The second kappa shape index (κ2) is 6.76. The fourth-order valence-electron chi connectivity index (χ4n) is 3.35. The lowest BCUT2D eigenvalue weighted by molar-refractivity contribution is -0.483. The molecule has 0 unspecified atom stereocenters. The van der Waals surface area contributed by atoms with E-state index in [0.29, 0.717) is 21.3 Å². The third-order valence-electron chi connectivity index (χ3n) is 4.34. The van der Waals surface area contributed by atoms with Crippen LogP contribution in [0.25, 0.3) is 0 Å². The van der Waals surface area contributed by atoms with Crippen molar-refractivity contribution >= 4 is 33.3 Å². The molecule has 0 aliphatic carbocycles. The van der Waals surface area contributed by atoms with Gasteiger partial charge in [-0.15, -0.1) is 0 Å². The second-order valence-corrected chi connectivity index (χ2v) is 6.72. The molecule has 2 aromatic carbocycles. The van der Waals surface area contributed by atoms with E-state index in [1.165, 1.54) is 11.8 Å². The van der Waals surface area contributed by atoms with Crippen LogP contribution in [-0.4, -0.2) is 29.2 Å². The summed E-state index contributed by atoms with van der Waals surface area (Å²) in [5, 5.41) is 11.2. The SMILES string of the molecule is CC(=O)N1c2cccc(Br)c2C(=O)[C@@H]1[C@H](C[N+](=O)[O-])c1ccccc1. The zero-order chi connectivity index (χ0) is 18.1. The Morgan fingerprint density at radius 1 is 1.24 bits per heavy atom. The molecule has 0 saturated heterocycles. The lowest BCUT2D eigenvalue weighted by Crippen LogP contribution is -2.45. The number of ketones is 1. The van der Waals surface area contributed by atoms with Gasteiger partial charge in [-0.05, 0) is 33.6 Å². The summed E-state index contributed by atoms with van der Waals surface area (Å²) >= 11 is 3.36. The Morgan fingerprint density at radius 3 is 2.52 bits per heavy atom. The third kappa shape index (κ3) is 3.07. The maximum Gasteiger partial charge on any atom is 0.224 e. The molecule has 1 aliphatic heterocycles. The zero-order valence-electron chi connectivity index (χ0n) is 13.4. The minimum absolute atomic E-state index is 0.284. The number of carbonyl (C=O) groups excluding carboxylic acids is 2. The second-order valence-electron chi connectivity index (χ2n) is 5.86. The summed E-state index contributed by atoms with van der Waals surface area (Å²) in [5.41, 5.74) is 1.54. The van der Waals surface area contributed by atoms with Crippen LogP contribution < -0.4 is 4.90 Å². The smallest absolute Gasteiger partial charge is 0.224 e. The quantitative estimate of drug-likeness (QED) is 0.579. The van der Waals surface area contributed by atoms with Crippen molar-refractivity contribution in [3.05, 3.63) is 74.2 Å². The molecule has 0 bridgehead atoms. The molecule has 3 rings (SSSR count). The van der Waals surface area contributed by atoms with E-state index in [-0.39, 0.29) is 11.7 Å². The lowest BCUT2D eigenvalue weighted by atomic mass is 9.88. The number of carbonyl (C=O) groups is 2. The summed E-state index contributed by atoms with van der Waals surface area (Å²) in [5.74, 6) is -1.33. The number of hydrogen-bond acceptors (Lipinski definition) is 4. The molecule has 0 aromatic heterocycles.